The number of carbonyl (C=O) groups excluding carboxylic acids is 2. The summed E-state index contributed by atoms with van der Waals surface area (Å²) in [7, 11) is 0. The summed E-state index contributed by atoms with van der Waals surface area (Å²) in [6.45, 7) is 4.30. The number of carbonyl (C=O) groups is 2. The first kappa shape index (κ1) is 26.4. The SMILES string of the molecule is N#Cc1ccc(CCN[C@@H](C(=O)c2c[nH]c3cc(C(=O)NCCN4CCCC4)ccc23)c2ccccc2)cc1. The molecule has 0 aliphatic carbocycles. The number of H-pyrrole nitrogens is 1. The zero-order valence-electron chi connectivity index (χ0n) is 22.0. The van der Waals surface area contributed by atoms with Crippen LogP contribution in [0.25, 0.3) is 10.9 Å². The maximum atomic E-state index is 13.8. The summed E-state index contributed by atoms with van der Waals surface area (Å²) in [5.41, 5.74) is 4.54. The number of likely N-dealkylation sites (tertiary alicyclic amines) is 1. The van der Waals surface area contributed by atoms with Crippen LogP contribution in [0.1, 0.15) is 56.3 Å². The Bertz CT molecular complexity index is 1460. The molecule has 0 unspecified atom stereocenters. The molecule has 7 nitrogen and oxygen atoms in total. The second-order valence-corrected chi connectivity index (χ2v) is 9.99. The van der Waals surface area contributed by atoms with Crippen LogP contribution in [-0.2, 0) is 6.42 Å². The van der Waals surface area contributed by atoms with Crippen molar-refractivity contribution in [3.05, 3.63) is 107 Å². The number of benzene rings is 3. The van der Waals surface area contributed by atoms with Crippen LogP contribution < -0.4 is 10.6 Å². The van der Waals surface area contributed by atoms with E-state index in [1.165, 1.54) is 12.8 Å². The van der Waals surface area contributed by atoms with E-state index in [1.54, 1.807) is 12.3 Å². The van der Waals surface area contributed by atoms with Crippen LogP contribution in [0.3, 0.4) is 0 Å². The van der Waals surface area contributed by atoms with Crippen LogP contribution in [0.5, 0.6) is 0 Å². The van der Waals surface area contributed by atoms with E-state index >= 15 is 0 Å². The molecule has 1 amide bonds. The molecule has 2 heterocycles. The van der Waals surface area contributed by atoms with Crippen molar-refractivity contribution in [2.24, 2.45) is 0 Å². The minimum atomic E-state index is -0.517. The molecule has 1 aliphatic rings. The Morgan fingerprint density at radius 2 is 1.74 bits per heavy atom. The quantitative estimate of drug-likeness (QED) is 0.251. The fraction of sp³-hybridized carbons (Fsp3) is 0.281. The minimum Gasteiger partial charge on any atom is -0.360 e. The van der Waals surface area contributed by atoms with Crippen LogP contribution >= 0.6 is 0 Å². The number of amides is 1. The van der Waals surface area contributed by atoms with Crippen molar-refractivity contribution < 1.29 is 9.59 Å². The highest BCUT2D eigenvalue weighted by Crippen LogP contribution is 2.26. The first-order valence-corrected chi connectivity index (χ1v) is 13.6. The summed E-state index contributed by atoms with van der Waals surface area (Å²) in [4.78, 5) is 32.1. The van der Waals surface area contributed by atoms with E-state index in [1.807, 2.05) is 66.7 Å². The molecule has 1 aromatic heterocycles. The topological polar surface area (TPSA) is 101 Å². The van der Waals surface area contributed by atoms with Gasteiger partial charge >= 0.3 is 0 Å². The zero-order valence-corrected chi connectivity index (χ0v) is 22.0. The van der Waals surface area contributed by atoms with E-state index in [9.17, 15) is 9.59 Å². The molecule has 1 aliphatic heterocycles. The number of nitrogens with zero attached hydrogens (tertiary/aromatic N) is 2. The second kappa shape index (κ2) is 12.5. The van der Waals surface area contributed by atoms with E-state index < -0.39 is 6.04 Å². The molecule has 1 atom stereocenters. The Hall–Kier alpha value is -4.25. The van der Waals surface area contributed by atoms with E-state index in [0.717, 1.165) is 48.1 Å². The smallest absolute Gasteiger partial charge is 0.251 e. The Balaban J connectivity index is 1.28. The van der Waals surface area contributed by atoms with Crippen LogP contribution in [-0.4, -0.2) is 54.3 Å². The molecule has 3 N–H and O–H groups in total. The molecule has 7 heteroatoms. The van der Waals surface area contributed by atoms with Gasteiger partial charge in [0.1, 0.15) is 0 Å². The zero-order chi connectivity index (χ0) is 27.0. The van der Waals surface area contributed by atoms with Gasteiger partial charge in [-0.25, -0.2) is 0 Å². The number of aromatic nitrogens is 1. The molecular formula is C32H33N5O2. The number of fused-ring (bicyclic) bond motifs is 1. The van der Waals surface area contributed by atoms with E-state index in [-0.39, 0.29) is 11.7 Å². The Labute approximate surface area is 228 Å². The largest absolute Gasteiger partial charge is 0.360 e. The molecule has 198 valence electrons. The summed E-state index contributed by atoms with van der Waals surface area (Å²) in [5, 5.41) is 16.3. The van der Waals surface area contributed by atoms with Crippen molar-refractivity contribution >= 4 is 22.6 Å². The van der Waals surface area contributed by atoms with Crippen molar-refractivity contribution in [2.75, 3.05) is 32.7 Å². The molecular weight excluding hydrogens is 486 g/mol. The molecule has 0 spiro atoms. The molecule has 39 heavy (non-hydrogen) atoms. The summed E-state index contributed by atoms with van der Waals surface area (Å²) in [6, 6.07) is 24.3. The number of ketones is 1. The molecule has 1 fully saturated rings. The maximum Gasteiger partial charge on any atom is 0.251 e. The van der Waals surface area contributed by atoms with Crippen molar-refractivity contribution in [1.29, 1.82) is 5.26 Å². The fourth-order valence-corrected chi connectivity index (χ4v) is 5.18. The average Bonchev–Trinajstić information content (AvgIpc) is 3.65. The third kappa shape index (κ3) is 6.43. The highest BCUT2D eigenvalue weighted by Gasteiger charge is 2.24. The fourth-order valence-electron chi connectivity index (χ4n) is 5.18. The van der Waals surface area contributed by atoms with Crippen molar-refractivity contribution in [2.45, 2.75) is 25.3 Å². The number of nitrogens with one attached hydrogen (secondary N) is 3. The Morgan fingerprint density at radius 3 is 2.49 bits per heavy atom. The lowest BCUT2D eigenvalue weighted by Crippen LogP contribution is -2.33. The van der Waals surface area contributed by atoms with E-state index in [2.05, 4.69) is 26.6 Å². The molecule has 3 aromatic carbocycles. The molecule has 0 radical (unpaired) electrons. The number of aromatic amines is 1. The van der Waals surface area contributed by atoms with Crippen LogP contribution in [0.2, 0.25) is 0 Å². The minimum absolute atomic E-state index is 0.0323. The number of rotatable bonds is 11. The second-order valence-electron chi connectivity index (χ2n) is 9.99. The highest BCUT2D eigenvalue weighted by atomic mass is 16.1. The van der Waals surface area contributed by atoms with Crippen molar-refractivity contribution in [3.63, 3.8) is 0 Å². The van der Waals surface area contributed by atoms with Crippen LogP contribution in [0.15, 0.2) is 79.0 Å². The third-order valence-corrected chi connectivity index (χ3v) is 7.36. The molecule has 5 rings (SSSR count). The molecule has 0 bridgehead atoms. The van der Waals surface area contributed by atoms with Gasteiger partial charge < -0.3 is 20.5 Å². The van der Waals surface area contributed by atoms with Gasteiger partial charge in [-0.1, -0.05) is 48.5 Å². The molecule has 0 saturated carbocycles. The Morgan fingerprint density at radius 1 is 0.974 bits per heavy atom. The monoisotopic (exact) mass is 519 g/mol. The highest BCUT2D eigenvalue weighted by molar-refractivity contribution is 6.11. The Kier molecular flexibility index (Phi) is 8.47. The normalized spacial score (nSPS) is 14.2. The first-order chi connectivity index (χ1) is 19.1. The summed E-state index contributed by atoms with van der Waals surface area (Å²) >= 11 is 0. The van der Waals surface area contributed by atoms with Gasteiger partial charge in [0.05, 0.1) is 17.7 Å². The average molecular weight is 520 g/mol. The van der Waals surface area contributed by atoms with Gasteiger partial charge in [-0.05, 0) is 67.7 Å². The number of hydrogen-bond acceptors (Lipinski definition) is 5. The van der Waals surface area contributed by atoms with Gasteiger partial charge in [-0.15, -0.1) is 0 Å². The van der Waals surface area contributed by atoms with Gasteiger partial charge in [0.15, 0.2) is 5.78 Å². The summed E-state index contributed by atoms with van der Waals surface area (Å²) in [5.74, 6) is -0.139. The maximum absolute atomic E-state index is 13.8. The van der Waals surface area contributed by atoms with Gasteiger partial charge in [0, 0.05) is 47.9 Å². The lowest BCUT2D eigenvalue weighted by molar-refractivity contribution is 0.0939. The number of Topliss-reactive ketones (excluding diaryl/α,β-unsaturated/α-hetero) is 1. The van der Waals surface area contributed by atoms with E-state index in [0.29, 0.717) is 29.8 Å². The van der Waals surface area contributed by atoms with Gasteiger partial charge in [-0.2, -0.15) is 5.26 Å². The summed E-state index contributed by atoms with van der Waals surface area (Å²) in [6.07, 6.45) is 4.93. The van der Waals surface area contributed by atoms with Gasteiger partial charge in [0.25, 0.3) is 5.91 Å². The van der Waals surface area contributed by atoms with Crippen LogP contribution in [0.4, 0.5) is 0 Å². The first-order valence-electron chi connectivity index (χ1n) is 13.6. The summed E-state index contributed by atoms with van der Waals surface area (Å²) < 4.78 is 0. The molecule has 1 saturated heterocycles. The lowest BCUT2D eigenvalue weighted by atomic mass is 9.96. The van der Waals surface area contributed by atoms with Crippen LogP contribution in [0, 0.1) is 11.3 Å². The predicted octanol–water partition coefficient (Wildman–Crippen LogP) is 4.62. The van der Waals surface area contributed by atoms with Gasteiger partial charge in [0.2, 0.25) is 0 Å². The molecule has 4 aromatic rings. The predicted molar refractivity (Wildman–Crippen MR) is 153 cm³/mol. The number of hydrogen-bond donors (Lipinski definition) is 3. The van der Waals surface area contributed by atoms with Gasteiger partial charge in [-0.3, -0.25) is 9.59 Å². The van der Waals surface area contributed by atoms with Crippen molar-refractivity contribution in [3.8, 4) is 6.07 Å². The van der Waals surface area contributed by atoms with Crippen molar-refractivity contribution in [1.82, 2.24) is 20.5 Å². The standard InChI is InChI=1S/C32H33N5O2/c33-21-24-10-8-23(9-11-24)14-15-34-30(25-6-2-1-3-7-25)31(38)28-22-36-29-20-26(12-13-27(28)29)32(39)35-16-19-37-17-4-5-18-37/h1-3,6-13,20,22,30,34,36H,4-5,14-19H2,(H,35,39)/t30-/m1/s1. The lowest BCUT2D eigenvalue weighted by Gasteiger charge is -2.18. The van der Waals surface area contributed by atoms with E-state index in [4.69, 9.17) is 5.26 Å². The third-order valence-electron chi connectivity index (χ3n) is 7.36. The number of nitriles is 1.